The molecule has 6 aliphatic heterocycles. The lowest BCUT2D eigenvalue weighted by Crippen LogP contribution is -2.70. The van der Waals surface area contributed by atoms with Gasteiger partial charge in [0, 0.05) is 25.5 Å². The van der Waals surface area contributed by atoms with Gasteiger partial charge in [-0.2, -0.15) is 0 Å². The van der Waals surface area contributed by atoms with Crippen molar-refractivity contribution < 1.29 is 174 Å². The molecule has 1 amide bonds. The molecule has 496 valence electrons. The van der Waals surface area contributed by atoms with Crippen molar-refractivity contribution in [1.29, 1.82) is 0 Å². The summed E-state index contributed by atoms with van der Waals surface area (Å²) in [4.78, 5) is 24.5. The first-order valence-corrected chi connectivity index (χ1v) is 27.5. The van der Waals surface area contributed by atoms with Crippen molar-refractivity contribution in [1.82, 2.24) is 5.32 Å². The van der Waals surface area contributed by atoms with Crippen LogP contribution in [-0.2, 0) is 66.4 Å². The third-order valence-electron chi connectivity index (χ3n) is 15.7. The van der Waals surface area contributed by atoms with Gasteiger partial charge in [-0.3, -0.25) is 4.79 Å². The molecular weight excluding hydrogens is 1160 g/mol. The number of aliphatic hydroxyl groups is 20. The predicted octanol–water partition coefficient (Wildman–Crippen LogP) is -14.0. The Morgan fingerprint density at radius 1 is 0.541 bits per heavy atom. The van der Waals surface area contributed by atoms with Crippen LogP contribution in [-0.4, -0.2) is 368 Å². The number of carboxylic acids is 1. The summed E-state index contributed by atoms with van der Waals surface area (Å²) < 4.78 is 68.8. The predicted molar refractivity (Wildman–Crippen MR) is 265 cm³/mol. The van der Waals surface area contributed by atoms with Crippen LogP contribution in [0.5, 0.6) is 0 Å². The Balaban J connectivity index is 1.11. The number of aliphatic hydroxyl groups excluding tert-OH is 20. The van der Waals surface area contributed by atoms with Gasteiger partial charge < -0.3 is 175 Å². The van der Waals surface area contributed by atoms with Gasteiger partial charge in [0.1, 0.15) is 128 Å². The lowest BCUT2D eigenvalue weighted by Gasteiger charge is -2.51. The van der Waals surface area contributed by atoms with E-state index in [1.807, 2.05) is 0 Å². The van der Waals surface area contributed by atoms with E-state index in [1.54, 1.807) is 0 Å². The highest BCUT2D eigenvalue weighted by atomic mass is 16.8. The number of rotatable bonds is 28. The van der Waals surface area contributed by atoms with Crippen LogP contribution in [0.4, 0.5) is 0 Å². The van der Waals surface area contributed by atoms with Crippen LogP contribution in [0.25, 0.3) is 0 Å². The third-order valence-corrected chi connectivity index (χ3v) is 15.7. The fourth-order valence-electron chi connectivity index (χ4n) is 10.6. The Morgan fingerprint density at radius 2 is 0.988 bits per heavy atom. The highest BCUT2D eigenvalue weighted by Gasteiger charge is 2.61. The second-order valence-electron chi connectivity index (χ2n) is 21.5. The van der Waals surface area contributed by atoms with Crippen LogP contribution in [0, 0.1) is 5.92 Å². The largest absolute Gasteiger partial charge is 0.477 e. The number of nitrogens with one attached hydrogen (secondary N) is 1. The first kappa shape index (κ1) is 71.7. The molecule has 0 aliphatic carbocycles. The number of hydrogen-bond donors (Lipinski definition) is 23. The Morgan fingerprint density at radius 3 is 1.51 bits per heavy atom. The maximum absolute atomic E-state index is 12.9. The van der Waals surface area contributed by atoms with Gasteiger partial charge in [0.15, 0.2) is 37.6 Å². The molecule has 0 aromatic carbocycles. The Labute approximate surface area is 483 Å². The number of unbranched alkanes of at least 4 members (excludes halogenated alkanes) is 2. The quantitative estimate of drug-likeness (QED) is 0.0324. The third kappa shape index (κ3) is 16.2. The van der Waals surface area contributed by atoms with Gasteiger partial charge in [-0.25, -0.2) is 4.79 Å². The van der Waals surface area contributed by atoms with E-state index >= 15 is 0 Å². The number of carbonyl (C=O) groups is 2. The summed E-state index contributed by atoms with van der Waals surface area (Å²) >= 11 is 0. The van der Waals surface area contributed by atoms with Gasteiger partial charge in [-0.05, 0) is 19.3 Å². The van der Waals surface area contributed by atoms with Crippen molar-refractivity contribution in [2.24, 2.45) is 11.7 Å². The topological polar surface area (TPSA) is 608 Å². The van der Waals surface area contributed by atoms with Gasteiger partial charge in [-0.15, -0.1) is 0 Å². The molecule has 0 radical (unpaired) electrons. The molecule has 6 aliphatic rings. The van der Waals surface area contributed by atoms with Crippen LogP contribution < -0.4 is 11.1 Å². The fourth-order valence-corrected chi connectivity index (χ4v) is 10.6. The first-order valence-electron chi connectivity index (χ1n) is 27.5. The van der Waals surface area contributed by atoms with Crippen molar-refractivity contribution in [3.05, 3.63) is 0 Å². The zero-order valence-corrected chi connectivity index (χ0v) is 45.8. The second-order valence-corrected chi connectivity index (χ2v) is 21.5. The molecule has 37 nitrogen and oxygen atoms in total. The van der Waals surface area contributed by atoms with E-state index in [4.69, 9.17) is 67.7 Å². The highest BCUT2D eigenvalue weighted by Crippen LogP contribution is 2.40. The van der Waals surface area contributed by atoms with Crippen molar-refractivity contribution in [2.45, 2.75) is 222 Å². The maximum atomic E-state index is 12.9. The fraction of sp³-hybridized carbons (Fsp3) is 0.958. The van der Waals surface area contributed by atoms with E-state index < -0.39 is 260 Å². The summed E-state index contributed by atoms with van der Waals surface area (Å²) in [6.07, 6.45) is -55.0. The van der Waals surface area contributed by atoms with Crippen molar-refractivity contribution in [3.63, 3.8) is 0 Å². The number of ether oxygens (including phenoxy) is 12. The lowest BCUT2D eigenvalue weighted by atomic mass is 9.88. The van der Waals surface area contributed by atoms with Gasteiger partial charge in [0.25, 0.3) is 11.7 Å². The SMILES string of the molecule is C[C@H]1C(O[C@@H]2OC(CO)[C@H](O)C(O[C@]3(C(=O)O)C[C@@H](O)[C@@H](N)C([C@H](O)[C@H](O)CO)O3)[C@@H]2O)[C@@H](O)C(CO)O[C@H]1O[C@@H]1C(O)[C@@H](O[C@H]2C(CO)O[C@@H](O[C@@H]3C(CO)O[C@@H](OCCCCCNC(=O)[C@H](O)CO)[C@@H](O)C3O)[C@@H](O)C2O)OC(CO)[C@@H]1O. The normalized spacial score (nSPS) is 45.6. The monoisotopic (exact) mass is 1250 g/mol. The standard InChI is InChI=1S/C48H84N2O35/c1-15-35(80-46-34(70)40(28(64)21(12-55)77-46)85-48(47(72)73)7-16(58)24(49)38(84-48)25(61)17(59)8-51)26(62)19(10-53)75-42(15)83-39-27(63)20(11-54)76-45(33(39)69)82-37-23(14-57)79-44(32(68)30(37)66)81-36-22(13-56)78-43(31(67)29(36)65)74-6-4-2-3-5-50-41(71)18(60)9-52/h15-40,42-46,51-70H,2-14,49H2,1H3,(H,50,71)(H,72,73)/t15-,16+,17+,18+,19?,20?,21?,22?,23?,24+,25+,26-,27-,28-,29?,30?,31-,32-,33?,34-,35?,36+,37-,38?,39-,40?,42-,43+,44-,45+,46-,48-/m0/s1. The van der Waals surface area contributed by atoms with Gasteiger partial charge in [0.2, 0.25) is 0 Å². The van der Waals surface area contributed by atoms with Crippen LogP contribution in [0.15, 0.2) is 0 Å². The molecule has 6 rings (SSSR count). The molecule has 85 heavy (non-hydrogen) atoms. The average Bonchev–Trinajstić information content (AvgIpc) is 1.59. The summed E-state index contributed by atoms with van der Waals surface area (Å²) in [6.45, 7) is -5.35. The number of amides is 1. The van der Waals surface area contributed by atoms with E-state index in [0.29, 0.717) is 19.3 Å². The van der Waals surface area contributed by atoms with E-state index in [1.165, 1.54) is 6.92 Å². The molecule has 6 fully saturated rings. The van der Waals surface area contributed by atoms with Crippen molar-refractivity contribution in [3.8, 4) is 0 Å². The Bertz CT molecular complexity index is 2030. The van der Waals surface area contributed by atoms with Crippen LogP contribution >= 0.6 is 0 Å². The molecule has 32 atom stereocenters. The molecule has 0 spiro atoms. The highest BCUT2D eigenvalue weighted by molar-refractivity contribution is 5.80. The number of nitrogens with two attached hydrogens (primary N) is 1. The average molecular weight is 1250 g/mol. The van der Waals surface area contributed by atoms with Crippen molar-refractivity contribution >= 4 is 11.9 Å². The molecule has 0 saturated carbocycles. The summed E-state index contributed by atoms with van der Waals surface area (Å²) in [6, 6.07) is -1.59. The second kappa shape index (κ2) is 32.1. The smallest absolute Gasteiger partial charge is 0.364 e. The zero-order valence-electron chi connectivity index (χ0n) is 45.8. The van der Waals surface area contributed by atoms with Crippen LogP contribution in [0.3, 0.4) is 0 Å². The van der Waals surface area contributed by atoms with Gasteiger partial charge in [0.05, 0.1) is 64.5 Å². The Hall–Kier alpha value is -2.38. The minimum absolute atomic E-state index is 0.0373. The summed E-state index contributed by atoms with van der Waals surface area (Å²) in [5.74, 6) is -7.22. The molecule has 37 heteroatoms. The molecule has 0 aromatic rings. The van der Waals surface area contributed by atoms with E-state index in [9.17, 15) is 112 Å². The van der Waals surface area contributed by atoms with E-state index in [2.05, 4.69) is 5.32 Å². The van der Waals surface area contributed by atoms with E-state index in [0.717, 1.165) is 0 Å². The molecule has 6 heterocycles. The molecular formula is C48H84N2O35. The van der Waals surface area contributed by atoms with Gasteiger partial charge >= 0.3 is 5.97 Å². The molecule has 0 bridgehead atoms. The number of hydrogen-bond acceptors (Lipinski definition) is 35. The van der Waals surface area contributed by atoms with Crippen molar-refractivity contribution in [2.75, 3.05) is 59.4 Å². The molecule has 24 N–H and O–H groups in total. The van der Waals surface area contributed by atoms with Crippen LogP contribution in [0.1, 0.15) is 32.6 Å². The van der Waals surface area contributed by atoms with E-state index in [-0.39, 0.29) is 13.2 Å². The number of carbonyl (C=O) groups excluding carboxylic acids is 1. The zero-order chi connectivity index (χ0) is 62.9. The Kier molecular flexibility index (Phi) is 27.0. The van der Waals surface area contributed by atoms with Crippen LogP contribution in [0.2, 0.25) is 0 Å². The molecule has 6 saturated heterocycles. The minimum Gasteiger partial charge on any atom is -0.477 e. The number of aliphatic carboxylic acids is 1. The summed E-state index contributed by atoms with van der Waals surface area (Å²) in [5, 5.41) is 226. The maximum Gasteiger partial charge on any atom is 0.364 e. The molecule has 0 aromatic heterocycles. The summed E-state index contributed by atoms with van der Waals surface area (Å²) in [7, 11) is 0. The molecule has 11 unspecified atom stereocenters. The number of carboxylic acid groups (broad SMARTS) is 1. The van der Waals surface area contributed by atoms with Gasteiger partial charge in [-0.1, -0.05) is 6.92 Å². The lowest BCUT2D eigenvalue weighted by molar-refractivity contribution is -0.395. The minimum atomic E-state index is -3.09. The summed E-state index contributed by atoms with van der Waals surface area (Å²) in [5.41, 5.74) is 5.95. The first-order chi connectivity index (χ1) is 40.3.